The van der Waals surface area contributed by atoms with Crippen LogP contribution in [0.2, 0.25) is 0 Å². The molecule has 162 valence electrons. The standard InChI is InChI=1S/C26H36O2P2/c1-27-22-18-23(29-20-14-8-4-9-15-20)26(30-21-16-10-5-11-17-21)25(28-2)24(22)19-12-6-3-7-13-19/h3,6-7,12-13,18,20-21,29-30H,4-5,8-11,14-17H2,1-2H3. The highest BCUT2D eigenvalue weighted by Gasteiger charge is 2.26. The van der Waals surface area contributed by atoms with Crippen molar-refractivity contribution in [2.75, 3.05) is 14.2 Å². The van der Waals surface area contributed by atoms with E-state index in [0.29, 0.717) is 0 Å². The minimum absolute atomic E-state index is 0.819. The van der Waals surface area contributed by atoms with E-state index in [0.717, 1.165) is 45.5 Å². The highest BCUT2D eigenvalue weighted by Crippen LogP contribution is 2.44. The molecule has 4 heteroatoms. The van der Waals surface area contributed by atoms with Gasteiger partial charge in [0.25, 0.3) is 0 Å². The summed E-state index contributed by atoms with van der Waals surface area (Å²) in [5, 5.41) is 3.01. The van der Waals surface area contributed by atoms with Gasteiger partial charge in [0.1, 0.15) is 11.5 Å². The van der Waals surface area contributed by atoms with Crippen LogP contribution in [0.1, 0.15) is 64.2 Å². The molecule has 0 spiro atoms. The molecule has 2 aromatic carbocycles. The van der Waals surface area contributed by atoms with Crippen LogP contribution >= 0.6 is 17.2 Å². The molecule has 0 N–H and O–H groups in total. The topological polar surface area (TPSA) is 18.5 Å². The van der Waals surface area contributed by atoms with Crippen LogP contribution < -0.4 is 20.1 Å². The van der Waals surface area contributed by atoms with Crippen LogP contribution in [-0.2, 0) is 0 Å². The SMILES string of the molecule is COc1cc(PC2CCCCC2)c(PC2CCCCC2)c(OC)c1-c1ccccc1. The van der Waals surface area contributed by atoms with Crippen molar-refractivity contribution in [1.29, 1.82) is 0 Å². The second-order valence-corrected chi connectivity index (χ2v) is 12.0. The Bertz CT molecular complexity index is 810. The van der Waals surface area contributed by atoms with Crippen molar-refractivity contribution < 1.29 is 9.47 Å². The molecule has 2 nitrogen and oxygen atoms in total. The van der Waals surface area contributed by atoms with Crippen molar-refractivity contribution in [1.82, 2.24) is 0 Å². The average Bonchev–Trinajstić information content (AvgIpc) is 2.81. The van der Waals surface area contributed by atoms with E-state index < -0.39 is 0 Å². The Morgan fingerprint density at radius 1 is 0.733 bits per heavy atom. The van der Waals surface area contributed by atoms with Crippen LogP contribution in [0.25, 0.3) is 11.1 Å². The monoisotopic (exact) mass is 442 g/mol. The molecule has 30 heavy (non-hydrogen) atoms. The third kappa shape index (κ3) is 5.20. The molecule has 0 amide bonds. The fourth-order valence-corrected chi connectivity index (χ4v) is 8.79. The van der Waals surface area contributed by atoms with E-state index in [1.165, 1.54) is 80.4 Å². The van der Waals surface area contributed by atoms with Crippen LogP contribution in [0.4, 0.5) is 0 Å². The van der Waals surface area contributed by atoms with E-state index in [1.54, 1.807) is 7.11 Å². The Morgan fingerprint density at radius 3 is 1.90 bits per heavy atom. The summed E-state index contributed by atoms with van der Waals surface area (Å²) in [6.45, 7) is 0. The molecule has 0 aliphatic heterocycles. The summed E-state index contributed by atoms with van der Waals surface area (Å²) in [7, 11) is 5.37. The number of methoxy groups -OCH3 is 2. The van der Waals surface area contributed by atoms with Gasteiger partial charge in [0.2, 0.25) is 0 Å². The molecule has 2 saturated carbocycles. The van der Waals surface area contributed by atoms with Crippen LogP contribution in [0, 0.1) is 0 Å². The maximum atomic E-state index is 6.18. The Kier molecular flexibility index (Phi) is 8.08. The third-order valence-electron chi connectivity index (χ3n) is 6.65. The molecule has 2 atom stereocenters. The lowest BCUT2D eigenvalue weighted by Crippen LogP contribution is -2.25. The second-order valence-electron chi connectivity index (χ2n) is 8.73. The summed E-state index contributed by atoms with van der Waals surface area (Å²) in [6.07, 6.45) is 13.9. The van der Waals surface area contributed by atoms with Gasteiger partial charge in [-0.25, -0.2) is 0 Å². The van der Waals surface area contributed by atoms with Crippen LogP contribution in [0.3, 0.4) is 0 Å². The van der Waals surface area contributed by atoms with Crippen molar-refractivity contribution in [2.45, 2.75) is 75.5 Å². The lowest BCUT2D eigenvalue weighted by atomic mass is 10.0. The first-order valence-corrected chi connectivity index (χ1v) is 13.8. The Hall–Kier alpha value is -1.10. The van der Waals surface area contributed by atoms with Gasteiger partial charge in [0.15, 0.2) is 0 Å². The fraction of sp³-hybridized carbons (Fsp3) is 0.538. The molecular formula is C26H36O2P2. The van der Waals surface area contributed by atoms with Gasteiger partial charge in [-0.15, -0.1) is 0 Å². The first-order valence-electron chi connectivity index (χ1n) is 11.7. The Balaban J connectivity index is 1.78. The first kappa shape index (κ1) is 22.1. The zero-order valence-corrected chi connectivity index (χ0v) is 20.5. The largest absolute Gasteiger partial charge is 0.496 e. The molecular weight excluding hydrogens is 406 g/mol. The number of ether oxygens (including phenoxy) is 2. The molecule has 4 rings (SSSR count). The van der Waals surface area contributed by atoms with Crippen molar-refractivity contribution in [2.24, 2.45) is 0 Å². The number of hydrogen-bond donors (Lipinski definition) is 0. The third-order valence-corrected chi connectivity index (χ3v) is 10.4. The van der Waals surface area contributed by atoms with Crippen molar-refractivity contribution >= 4 is 27.8 Å². The quantitative estimate of drug-likeness (QED) is 0.447. The van der Waals surface area contributed by atoms with Crippen molar-refractivity contribution in [3.05, 3.63) is 36.4 Å². The Labute approximate surface area is 186 Å². The molecule has 2 aliphatic carbocycles. The zero-order valence-electron chi connectivity index (χ0n) is 18.5. The molecule has 0 aromatic heterocycles. The molecule has 0 heterocycles. The van der Waals surface area contributed by atoms with Gasteiger partial charge in [0.05, 0.1) is 19.8 Å². The van der Waals surface area contributed by atoms with Gasteiger partial charge in [-0.3, -0.25) is 0 Å². The van der Waals surface area contributed by atoms with E-state index in [4.69, 9.17) is 9.47 Å². The van der Waals surface area contributed by atoms with E-state index in [1.807, 2.05) is 7.11 Å². The normalized spacial score (nSPS) is 19.1. The molecule has 2 fully saturated rings. The first-order chi connectivity index (χ1) is 14.8. The maximum Gasteiger partial charge on any atom is 0.138 e. The van der Waals surface area contributed by atoms with E-state index >= 15 is 0 Å². The minimum atomic E-state index is 0.819. The van der Waals surface area contributed by atoms with Crippen LogP contribution in [-0.4, -0.2) is 25.5 Å². The summed E-state index contributed by atoms with van der Waals surface area (Å²) >= 11 is 0. The van der Waals surface area contributed by atoms with E-state index in [2.05, 4.69) is 36.4 Å². The number of hydrogen-bond acceptors (Lipinski definition) is 2. The predicted molar refractivity (Wildman–Crippen MR) is 135 cm³/mol. The van der Waals surface area contributed by atoms with Gasteiger partial charge >= 0.3 is 0 Å². The maximum absolute atomic E-state index is 6.18. The lowest BCUT2D eigenvalue weighted by Gasteiger charge is -2.28. The van der Waals surface area contributed by atoms with E-state index in [9.17, 15) is 0 Å². The molecule has 2 unspecified atom stereocenters. The summed E-state index contributed by atoms with van der Waals surface area (Å²) in [5.41, 5.74) is 3.98. The highest BCUT2D eigenvalue weighted by atomic mass is 31.1. The zero-order chi connectivity index (χ0) is 20.8. The van der Waals surface area contributed by atoms with Crippen molar-refractivity contribution in [3.8, 4) is 22.6 Å². The summed E-state index contributed by atoms with van der Waals surface area (Å²) in [5.74, 6) is 2.04. The highest BCUT2D eigenvalue weighted by molar-refractivity contribution is 7.55. The smallest absolute Gasteiger partial charge is 0.138 e. The molecule has 0 radical (unpaired) electrons. The molecule has 0 bridgehead atoms. The minimum Gasteiger partial charge on any atom is -0.496 e. The fourth-order valence-electron chi connectivity index (χ4n) is 5.05. The van der Waals surface area contributed by atoms with Crippen molar-refractivity contribution in [3.63, 3.8) is 0 Å². The van der Waals surface area contributed by atoms with Gasteiger partial charge < -0.3 is 9.47 Å². The number of benzene rings is 2. The van der Waals surface area contributed by atoms with Gasteiger partial charge in [0, 0.05) is 5.30 Å². The van der Waals surface area contributed by atoms with Crippen LogP contribution in [0.5, 0.6) is 11.5 Å². The van der Waals surface area contributed by atoms with Crippen LogP contribution in [0.15, 0.2) is 36.4 Å². The van der Waals surface area contributed by atoms with E-state index in [-0.39, 0.29) is 0 Å². The summed E-state index contributed by atoms with van der Waals surface area (Å²) < 4.78 is 12.1. The summed E-state index contributed by atoms with van der Waals surface area (Å²) in [4.78, 5) is 0. The molecule has 0 saturated heterocycles. The molecule has 2 aromatic rings. The lowest BCUT2D eigenvalue weighted by molar-refractivity contribution is 0.400. The van der Waals surface area contributed by atoms with Gasteiger partial charge in [-0.1, -0.05) is 86.0 Å². The second kappa shape index (κ2) is 11.0. The molecule has 2 aliphatic rings. The predicted octanol–water partition coefficient (Wildman–Crippen LogP) is 6.64. The average molecular weight is 443 g/mol. The Morgan fingerprint density at radius 2 is 1.33 bits per heavy atom. The number of rotatable bonds is 7. The van der Waals surface area contributed by atoms with Gasteiger partial charge in [-0.05, 0) is 53.9 Å². The van der Waals surface area contributed by atoms with Gasteiger partial charge in [-0.2, -0.15) is 0 Å². The summed E-state index contributed by atoms with van der Waals surface area (Å²) in [6, 6.07) is 13.0.